The lowest BCUT2D eigenvalue weighted by atomic mass is 10.1. The smallest absolute Gasteiger partial charge is 0.270 e. The average molecular weight is 284 g/mol. The maximum Gasteiger partial charge on any atom is 0.270 e. The Morgan fingerprint density at radius 3 is 3.00 bits per heavy atom. The summed E-state index contributed by atoms with van der Waals surface area (Å²) < 4.78 is 0. The fraction of sp³-hybridized carbons (Fsp3) is 0.0714. The number of nitrogen functional groups attached to an aromatic ring is 1. The number of benzene rings is 1. The second kappa shape index (κ2) is 5.26. The molecule has 0 aliphatic heterocycles. The molecule has 1 aromatic carbocycles. The number of amides is 1. The van der Waals surface area contributed by atoms with E-state index in [1.54, 1.807) is 12.3 Å². The topological polar surface area (TPSA) is 80.9 Å². The highest BCUT2D eigenvalue weighted by atomic mass is 32.1. The van der Waals surface area contributed by atoms with Gasteiger partial charge in [-0.15, -0.1) is 11.3 Å². The molecule has 2 heterocycles. The Morgan fingerprint density at radius 2 is 2.20 bits per heavy atom. The Bertz CT molecular complexity index is 755. The number of hydrogen-bond acceptors (Lipinski definition) is 5. The van der Waals surface area contributed by atoms with Gasteiger partial charge in [-0.3, -0.25) is 4.79 Å². The first-order valence-corrected chi connectivity index (χ1v) is 6.94. The number of aromatic nitrogens is 2. The van der Waals surface area contributed by atoms with Crippen molar-refractivity contribution in [2.45, 2.75) is 6.54 Å². The zero-order valence-electron chi connectivity index (χ0n) is 10.5. The molecular weight excluding hydrogens is 272 g/mol. The number of fused-ring (bicyclic) bond motifs is 1. The third-order valence-corrected chi connectivity index (χ3v) is 3.67. The predicted octanol–water partition coefficient (Wildman–Crippen LogP) is 2.20. The molecule has 1 amide bonds. The molecule has 0 unspecified atom stereocenters. The highest BCUT2D eigenvalue weighted by Crippen LogP contribution is 2.19. The molecule has 3 aromatic rings. The van der Waals surface area contributed by atoms with Crippen molar-refractivity contribution in [2.24, 2.45) is 0 Å². The van der Waals surface area contributed by atoms with Gasteiger partial charge in [0.2, 0.25) is 0 Å². The molecule has 0 atom stereocenters. The summed E-state index contributed by atoms with van der Waals surface area (Å²) in [7, 11) is 0. The number of nitrogens with two attached hydrogens (primary N) is 1. The molecule has 2 aromatic heterocycles. The minimum absolute atomic E-state index is 0.252. The number of nitrogens with one attached hydrogen (secondary N) is 1. The Morgan fingerprint density at radius 1 is 1.35 bits per heavy atom. The van der Waals surface area contributed by atoms with E-state index in [4.69, 9.17) is 5.73 Å². The van der Waals surface area contributed by atoms with E-state index in [1.165, 1.54) is 11.3 Å². The molecule has 0 aliphatic carbocycles. The molecule has 0 radical (unpaired) electrons. The molecule has 3 rings (SSSR count). The van der Waals surface area contributed by atoms with Crippen LogP contribution in [0.4, 0.5) is 5.82 Å². The van der Waals surface area contributed by atoms with Crippen LogP contribution in [0.15, 0.2) is 41.9 Å². The van der Waals surface area contributed by atoms with E-state index in [2.05, 4.69) is 15.3 Å². The number of pyridine rings is 1. The average Bonchev–Trinajstić information content (AvgIpc) is 2.98. The summed E-state index contributed by atoms with van der Waals surface area (Å²) in [5, 5.41) is 7.26. The van der Waals surface area contributed by atoms with Crippen LogP contribution in [-0.2, 0) is 6.54 Å². The summed E-state index contributed by atoms with van der Waals surface area (Å²) >= 11 is 1.49. The van der Waals surface area contributed by atoms with Crippen molar-refractivity contribution in [3.05, 3.63) is 52.6 Å². The SMILES string of the molecule is Nc1nc(C(=O)NCc2nccs2)cc2ccccc12. The molecule has 20 heavy (non-hydrogen) atoms. The van der Waals surface area contributed by atoms with Gasteiger partial charge in [0.1, 0.15) is 16.5 Å². The number of anilines is 1. The minimum Gasteiger partial charge on any atom is -0.383 e. The number of carbonyl (C=O) groups excluding carboxylic acids is 1. The molecule has 0 spiro atoms. The molecule has 3 N–H and O–H groups in total. The highest BCUT2D eigenvalue weighted by Gasteiger charge is 2.10. The van der Waals surface area contributed by atoms with Crippen molar-refractivity contribution in [3.63, 3.8) is 0 Å². The Labute approximate surface area is 119 Å². The van der Waals surface area contributed by atoms with Gasteiger partial charge in [0, 0.05) is 17.0 Å². The van der Waals surface area contributed by atoms with Gasteiger partial charge < -0.3 is 11.1 Å². The largest absolute Gasteiger partial charge is 0.383 e. The second-order valence-corrected chi connectivity index (χ2v) is 5.20. The first kappa shape index (κ1) is 12.6. The van der Waals surface area contributed by atoms with Crippen LogP contribution >= 0.6 is 11.3 Å². The fourth-order valence-corrected chi connectivity index (χ4v) is 2.48. The predicted molar refractivity (Wildman–Crippen MR) is 79.4 cm³/mol. The molecule has 0 saturated heterocycles. The number of hydrogen-bond donors (Lipinski definition) is 2. The van der Waals surface area contributed by atoms with Gasteiger partial charge in [0.25, 0.3) is 5.91 Å². The summed E-state index contributed by atoms with van der Waals surface area (Å²) in [5.41, 5.74) is 6.20. The van der Waals surface area contributed by atoms with Crippen molar-refractivity contribution in [3.8, 4) is 0 Å². The fourth-order valence-electron chi connectivity index (χ4n) is 1.93. The van der Waals surface area contributed by atoms with Crippen molar-refractivity contribution >= 4 is 33.8 Å². The van der Waals surface area contributed by atoms with E-state index < -0.39 is 0 Å². The van der Waals surface area contributed by atoms with Gasteiger partial charge in [-0.2, -0.15) is 0 Å². The minimum atomic E-state index is -0.252. The lowest BCUT2D eigenvalue weighted by molar-refractivity contribution is 0.0946. The molecule has 100 valence electrons. The highest BCUT2D eigenvalue weighted by molar-refractivity contribution is 7.09. The van der Waals surface area contributed by atoms with Crippen LogP contribution in [0.25, 0.3) is 10.8 Å². The lowest BCUT2D eigenvalue weighted by Crippen LogP contribution is -2.24. The van der Waals surface area contributed by atoms with E-state index >= 15 is 0 Å². The Kier molecular flexibility index (Phi) is 3.30. The third kappa shape index (κ3) is 2.46. The molecular formula is C14H12N4OS. The number of carbonyl (C=O) groups is 1. The molecule has 0 aliphatic rings. The van der Waals surface area contributed by atoms with Gasteiger partial charge in [-0.1, -0.05) is 24.3 Å². The summed E-state index contributed by atoms with van der Waals surface area (Å²) in [6, 6.07) is 9.32. The number of nitrogens with zero attached hydrogens (tertiary/aromatic N) is 2. The summed E-state index contributed by atoms with van der Waals surface area (Å²) in [5.74, 6) is 0.111. The zero-order chi connectivity index (χ0) is 13.9. The van der Waals surface area contributed by atoms with E-state index in [1.807, 2.05) is 29.6 Å². The van der Waals surface area contributed by atoms with Crippen LogP contribution < -0.4 is 11.1 Å². The second-order valence-electron chi connectivity index (χ2n) is 4.22. The van der Waals surface area contributed by atoms with Gasteiger partial charge >= 0.3 is 0 Å². The van der Waals surface area contributed by atoms with Gasteiger partial charge in [-0.25, -0.2) is 9.97 Å². The van der Waals surface area contributed by atoms with Crippen molar-refractivity contribution < 1.29 is 4.79 Å². The van der Waals surface area contributed by atoms with Crippen LogP contribution in [0.1, 0.15) is 15.5 Å². The molecule has 6 heteroatoms. The third-order valence-electron chi connectivity index (χ3n) is 2.89. The van der Waals surface area contributed by atoms with E-state index in [0.717, 1.165) is 15.8 Å². The van der Waals surface area contributed by atoms with Crippen LogP contribution in [0.3, 0.4) is 0 Å². The van der Waals surface area contributed by atoms with Crippen LogP contribution in [0.5, 0.6) is 0 Å². The van der Waals surface area contributed by atoms with Gasteiger partial charge in [0.05, 0.1) is 6.54 Å². The molecule has 5 nitrogen and oxygen atoms in total. The van der Waals surface area contributed by atoms with Crippen LogP contribution in [0.2, 0.25) is 0 Å². The summed E-state index contributed by atoms with van der Waals surface area (Å²) in [6.45, 7) is 0.394. The number of thiazole rings is 1. The van der Waals surface area contributed by atoms with E-state index in [-0.39, 0.29) is 5.91 Å². The van der Waals surface area contributed by atoms with Crippen molar-refractivity contribution in [2.75, 3.05) is 5.73 Å². The van der Waals surface area contributed by atoms with Crippen LogP contribution in [0, 0.1) is 0 Å². The quantitative estimate of drug-likeness (QED) is 0.772. The molecule has 0 saturated carbocycles. The maximum atomic E-state index is 12.1. The molecule has 0 bridgehead atoms. The lowest BCUT2D eigenvalue weighted by Gasteiger charge is -2.06. The van der Waals surface area contributed by atoms with E-state index in [0.29, 0.717) is 18.1 Å². The monoisotopic (exact) mass is 284 g/mol. The summed E-state index contributed by atoms with van der Waals surface area (Å²) in [4.78, 5) is 20.3. The maximum absolute atomic E-state index is 12.1. The molecule has 0 fully saturated rings. The van der Waals surface area contributed by atoms with Crippen molar-refractivity contribution in [1.82, 2.24) is 15.3 Å². The standard InChI is InChI=1S/C14H12N4OS/c15-13-10-4-2-1-3-9(10)7-11(18-13)14(19)17-8-12-16-5-6-20-12/h1-7H,8H2,(H2,15,18)(H,17,19). The first-order chi connectivity index (χ1) is 9.74. The van der Waals surface area contributed by atoms with Gasteiger partial charge in [-0.05, 0) is 11.5 Å². The zero-order valence-corrected chi connectivity index (χ0v) is 11.4. The summed E-state index contributed by atoms with van der Waals surface area (Å²) in [6.07, 6.45) is 1.71. The Hall–Kier alpha value is -2.47. The van der Waals surface area contributed by atoms with Gasteiger partial charge in [0.15, 0.2) is 0 Å². The first-order valence-electron chi connectivity index (χ1n) is 6.06. The number of rotatable bonds is 3. The normalized spacial score (nSPS) is 10.6. The van der Waals surface area contributed by atoms with Crippen LogP contribution in [-0.4, -0.2) is 15.9 Å². The van der Waals surface area contributed by atoms with E-state index in [9.17, 15) is 4.79 Å². The Balaban J connectivity index is 1.84. The van der Waals surface area contributed by atoms with Crippen molar-refractivity contribution in [1.29, 1.82) is 0 Å².